The maximum absolute atomic E-state index is 13.7. The molecule has 8 rings (SSSR count). The van der Waals surface area contributed by atoms with Crippen molar-refractivity contribution in [3.05, 3.63) is 99.6 Å². The number of carboxylic acid groups (broad SMARTS) is 4. The summed E-state index contributed by atoms with van der Waals surface area (Å²) in [6.07, 6.45) is 2.00. The number of carbonyl (C=O) groups is 5. The largest absolute Gasteiger partial charge is 0.496 e. The first-order valence-electron chi connectivity index (χ1n) is 21.7. The van der Waals surface area contributed by atoms with Gasteiger partial charge in [-0.25, -0.2) is 24.3 Å². The van der Waals surface area contributed by atoms with Crippen LogP contribution < -0.4 is 9.47 Å². The smallest absolute Gasteiger partial charge is 0.313 e. The number of methoxy groups -OCH3 is 2. The Morgan fingerprint density at radius 3 is 1.40 bits per heavy atom. The number of ketones is 1. The molecule has 25 nitrogen and oxygen atoms in total. The Hall–Kier alpha value is -7.65. The summed E-state index contributed by atoms with van der Waals surface area (Å²) < 4.78 is 25.8. The number of aromatic amines is 4. The molecule has 0 spiro atoms. The quantitative estimate of drug-likeness (QED) is 0.0190. The molecule has 0 aliphatic carbocycles. The number of benzene rings is 4. The zero-order valence-corrected chi connectivity index (χ0v) is 46.9. The van der Waals surface area contributed by atoms with Crippen molar-refractivity contribution in [3.8, 4) is 57.1 Å². The van der Waals surface area contributed by atoms with Gasteiger partial charge >= 0.3 is 23.9 Å². The number of carbonyl (C=O) groups excluding carboxylic acids is 1. The van der Waals surface area contributed by atoms with Gasteiger partial charge in [0.05, 0.1) is 53.9 Å². The van der Waals surface area contributed by atoms with Gasteiger partial charge in [-0.15, -0.1) is 32.2 Å². The van der Waals surface area contributed by atoms with Gasteiger partial charge in [-0.3, -0.25) is 44.4 Å². The van der Waals surface area contributed by atoms with Crippen molar-refractivity contribution in [3.63, 3.8) is 0 Å². The highest BCUT2D eigenvalue weighted by atomic mass is 79.9. The van der Waals surface area contributed by atoms with Gasteiger partial charge in [-0.05, 0) is 61.7 Å². The summed E-state index contributed by atoms with van der Waals surface area (Å²) in [5.41, 5.74) is 3.23. The number of ether oxygens (including phenoxy) is 2. The van der Waals surface area contributed by atoms with Crippen LogP contribution in [0.25, 0.3) is 45.6 Å². The number of hydrogen-bond acceptors (Lipinski definition) is 21. The fourth-order valence-electron chi connectivity index (χ4n) is 5.94. The minimum Gasteiger partial charge on any atom is -0.496 e. The van der Waals surface area contributed by atoms with E-state index >= 15 is 0 Å². The molecule has 8 aromatic rings. The van der Waals surface area contributed by atoms with E-state index in [1.807, 2.05) is 48.7 Å². The molecule has 4 heterocycles. The van der Waals surface area contributed by atoms with Gasteiger partial charge in [0.2, 0.25) is 20.6 Å². The Balaban J connectivity index is 0.000000192. The van der Waals surface area contributed by atoms with E-state index in [0.717, 1.165) is 72.3 Å². The van der Waals surface area contributed by atoms with Gasteiger partial charge < -0.3 is 29.9 Å². The van der Waals surface area contributed by atoms with Crippen LogP contribution in [0.15, 0.2) is 109 Å². The van der Waals surface area contributed by atoms with Crippen LogP contribution in [0.3, 0.4) is 0 Å². The average Bonchev–Trinajstić information content (AvgIpc) is 4.28. The number of aromatic nitrogens is 12. The first-order chi connectivity index (χ1) is 37.3. The molecule has 0 fully saturated rings. The maximum Gasteiger partial charge on any atom is 0.313 e. The number of halogens is 2. The van der Waals surface area contributed by atoms with Crippen LogP contribution in [0.4, 0.5) is 10.1 Å². The molecule has 4 aromatic carbocycles. The second-order valence-electron chi connectivity index (χ2n) is 14.8. The van der Waals surface area contributed by atoms with E-state index in [4.69, 9.17) is 29.9 Å². The number of thioether (sulfide) groups is 5. The number of carboxylic acids is 4. The minimum absolute atomic E-state index is 0.0402. The molecule has 0 saturated carbocycles. The average molecular weight is 1230 g/mol. The number of nitrogens with one attached hydrogen (secondary N) is 4. The third-order valence-electron chi connectivity index (χ3n) is 9.37. The summed E-state index contributed by atoms with van der Waals surface area (Å²) in [5.74, 6) is -1.94. The van der Waals surface area contributed by atoms with E-state index in [9.17, 15) is 33.3 Å². The Morgan fingerprint density at radius 2 is 0.987 bits per heavy atom. The van der Waals surface area contributed by atoms with E-state index in [-0.39, 0.29) is 45.3 Å². The van der Waals surface area contributed by atoms with Crippen LogP contribution in [0, 0.1) is 10.7 Å². The Labute approximate surface area is 470 Å². The second kappa shape index (κ2) is 30.3. The molecule has 0 aliphatic rings. The molecule has 0 amide bonds. The normalized spacial score (nSPS) is 10.4. The highest BCUT2D eigenvalue weighted by Crippen LogP contribution is 2.34. The van der Waals surface area contributed by atoms with Crippen molar-refractivity contribution in [2.45, 2.75) is 32.4 Å². The van der Waals surface area contributed by atoms with Crippen molar-refractivity contribution in [2.75, 3.05) is 50.5 Å². The monoisotopic (exact) mass is 1230 g/mol. The van der Waals surface area contributed by atoms with Gasteiger partial charge in [-0.1, -0.05) is 81.2 Å². The van der Waals surface area contributed by atoms with Gasteiger partial charge in [0.1, 0.15) is 17.3 Å². The van der Waals surface area contributed by atoms with E-state index in [0.29, 0.717) is 61.3 Å². The van der Waals surface area contributed by atoms with Crippen LogP contribution in [0.2, 0.25) is 0 Å². The van der Waals surface area contributed by atoms with Crippen molar-refractivity contribution >= 4 is 110 Å². The third-order valence-corrected chi connectivity index (χ3v) is 14.0. The van der Waals surface area contributed by atoms with E-state index in [1.54, 1.807) is 37.1 Å². The fourth-order valence-corrected chi connectivity index (χ4v) is 8.97. The number of nitrogens with zero attached hydrogens (tertiary/aromatic N) is 9. The Bertz CT molecular complexity index is 3400. The Kier molecular flexibility index (Phi) is 23.8. The third kappa shape index (κ3) is 18.8. The van der Waals surface area contributed by atoms with Crippen molar-refractivity contribution in [2.24, 2.45) is 0 Å². The zero-order chi connectivity index (χ0) is 56.9. The maximum atomic E-state index is 13.7. The van der Waals surface area contributed by atoms with E-state index in [1.165, 1.54) is 39.3 Å². The lowest BCUT2D eigenvalue weighted by molar-refractivity contribution is -0.428. The lowest BCUT2D eigenvalue weighted by atomic mass is 10.1. The predicted molar refractivity (Wildman–Crippen MR) is 292 cm³/mol. The van der Waals surface area contributed by atoms with Crippen molar-refractivity contribution in [1.29, 1.82) is 0 Å². The van der Waals surface area contributed by atoms with Crippen molar-refractivity contribution in [1.82, 2.24) is 60.7 Å². The summed E-state index contributed by atoms with van der Waals surface area (Å²) in [4.78, 5) is 82.4. The minimum atomic E-state index is -0.994. The molecular weight excluding hydrogens is 1190 g/mol. The number of aliphatic carboxylic acids is 4. The molecule has 78 heavy (non-hydrogen) atoms. The number of H-pyrrole nitrogens is 4. The van der Waals surface area contributed by atoms with Crippen LogP contribution in [-0.2, 0) is 19.2 Å². The van der Waals surface area contributed by atoms with Crippen LogP contribution >= 0.6 is 74.7 Å². The first kappa shape index (κ1) is 61.2. The summed E-state index contributed by atoms with van der Waals surface area (Å²) >= 11 is 9.08. The lowest BCUT2D eigenvalue weighted by Gasteiger charge is -2.05. The van der Waals surface area contributed by atoms with Gasteiger partial charge in [-0.2, -0.15) is 0 Å². The molecule has 32 heteroatoms. The lowest BCUT2D eigenvalue weighted by Crippen LogP contribution is -1.97. The zero-order valence-electron chi connectivity index (χ0n) is 41.2. The standard InChI is InChI=1S/C12H10FN3O3S.C12H12N4O4S.C11H10BrN3O3S.C11H11N3O2S2/c1-6(17)7-2-3-9(13)8(4-7)11-14-12(16-15-11)20-5-10(18)19;1-16(19)7-3-4-9(20-2)8(5-7)11-13-12(15-14-11)21-6-10(17)18;1-18-8-3-2-6(12)4-7(8)10-13-11(15-14-10)19-5-9(16)17;1-17-8-5-3-2-4-7(8)10-12-11(14-13-10)18-6-9(15)16/h2-4H,5H2,1H3,(H,18,19)(H,14,15,16);3-5H,6H2,1-2H3,(H-,13,14,15,17,18);2-4H,5H2,1H3,(H,16,17)(H,13,14,15);2-5H,6H2,1H3,(H,15,16)(H,12,13,14)/p+1. The molecule has 408 valence electrons. The van der Waals surface area contributed by atoms with Gasteiger partial charge in [0, 0.05) is 42.3 Å². The van der Waals surface area contributed by atoms with Gasteiger partial charge in [0.15, 0.2) is 36.1 Å². The topological polar surface area (TPSA) is 371 Å². The van der Waals surface area contributed by atoms with Gasteiger partial charge in [0.25, 0.3) is 5.69 Å². The Morgan fingerprint density at radius 1 is 0.577 bits per heavy atom. The first-order valence-corrected chi connectivity index (χ1v) is 27.7. The van der Waals surface area contributed by atoms with Crippen LogP contribution in [-0.4, -0.2) is 166 Å². The molecular formula is C46H44BrFN13O12S5+. The van der Waals surface area contributed by atoms with Crippen LogP contribution in [0.5, 0.6) is 11.5 Å². The number of hydrogen-bond donors (Lipinski definition) is 8. The number of nitroso groups, excluding NO2 is 1. The van der Waals surface area contributed by atoms with Crippen LogP contribution in [0.1, 0.15) is 17.3 Å². The summed E-state index contributed by atoms with van der Waals surface area (Å²) in [6.45, 7) is 1.38. The SMILES string of the molecule is CC(=O)c1ccc(F)c(-c2nc(SCC(=O)O)n[nH]2)c1.COc1ccc(Br)cc1-c1nc(SCC(=O)O)n[nH]1.COc1ccc([N+](C)=O)cc1-c1nc(SCC(=O)O)n[nH]1.CSc1ccccc1-c1nc(SCC(=O)O)n[nH]1. The highest BCUT2D eigenvalue weighted by Gasteiger charge is 2.19. The molecule has 0 unspecified atom stereocenters. The molecule has 0 atom stereocenters. The molecule has 0 aliphatic heterocycles. The summed E-state index contributed by atoms with van der Waals surface area (Å²) in [7, 11) is 4.47. The second-order valence-corrected chi connectivity index (χ2v) is 20.3. The summed E-state index contributed by atoms with van der Waals surface area (Å²) in [6, 6.07) is 22.2. The van der Waals surface area contributed by atoms with E-state index < -0.39 is 29.7 Å². The van der Waals surface area contributed by atoms with Crippen molar-refractivity contribution < 1.29 is 63.0 Å². The van der Waals surface area contributed by atoms with E-state index in [2.05, 4.69) is 76.7 Å². The molecule has 0 saturated heterocycles. The number of Topliss-reactive ketones (excluding diaryl/α,β-unsaturated/α-hetero) is 1. The summed E-state index contributed by atoms with van der Waals surface area (Å²) in [5, 5.41) is 62.3. The highest BCUT2D eigenvalue weighted by molar-refractivity contribution is 9.10. The fraction of sp³-hybridized carbons (Fsp3) is 0.196. The molecule has 0 bridgehead atoms. The molecule has 4 aromatic heterocycles. The number of rotatable bonds is 21. The molecule has 8 N–H and O–H groups in total. The predicted octanol–water partition coefficient (Wildman–Crippen LogP) is 8.48. The molecule has 0 radical (unpaired) electrons.